The molecule has 0 aromatic carbocycles. The normalized spacial score (nSPS) is 5.77. The first-order chi connectivity index (χ1) is 10.4. The van der Waals surface area contributed by atoms with E-state index < -0.39 is 35.8 Å². The summed E-state index contributed by atoms with van der Waals surface area (Å²) in [4.78, 5) is 53.3. The number of hydrogen-bond acceptors (Lipinski definition) is 12. The van der Waals surface area contributed by atoms with Crippen molar-refractivity contribution < 1.29 is 105 Å². The third-order valence-electron chi connectivity index (χ3n) is 0. The Morgan fingerprint density at radius 2 is 0.385 bits per heavy atom. The Kier molecular flexibility index (Phi) is 83.3. The molecule has 0 unspecified atom stereocenters. The van der Waals surface area contributed by atoms with Gasteiger partial charge in [-0.05, 0) is 41.5 Å². The van der Waals surface area contributed by atoms with Crippen LogP contribution in [0.25, 0.3) is 0 Å². The summed E-state index contributed by atoms with van der Waals surface area (Å²) in [6.07, 6.45) is 0. The van der Waals surface area contributed by atoms with E-state index in [0.717, 1.165) is 41.5 Å². The van der Waals surface area contributed by atoms with Crippen LogP contribution in [0.4, 0.5) is 0 Å². The first-order valence-corrected chi connectivity index (χ1v) is 5.45. The summed E-state index contributed by atoms with van der Waals surface area (Å²) in [7, 11) is 0. The zero-order valence-electron chi connectivity index (χ0n) is 15.1. The average Bonchev–Trinajstić information content (AvgIpc) is 2.08. The number of carbonyl (C=O) groups excluding carboxylic acids is 6. The van der Waals surface area contributed by atoms with Crippen molar-refractivity contribution in [2.75, 3.05) is 0 Å². The van der Waals surface area contributed by atoms with Gasteiger partial charge >= 0.3 is 45.7 Å². The van der Waals surface area contributed by atoms with Crippen molar-refractivity contribution in [3.8, 4) is 0 Å². The molecular weight excluding hydrogens is 493 g/mol. The number of aliphatic carboxylic acids is 6. The molecule has 0 radical (unpaired) electrons. The topological polar surface area (TPSA) is 241 Å². The van der Waals surface area contributed by atoms with Gasteiger partial charge in [-0.25, -0.2) is 0 Å². The molecule has 0 aliphatic rings. The fourth-order valence-corrected chi connectivity index (χ4v) is 0. The van der Waals surface area contributed by atoms with Crippen molar-refractivity contribution in [1.29, 1.82) is 0 Å². The zero-order chi connectivity index (χ0) is 21.5. The molecule has 0 saturated carbocycles. The van der Waals surface area contributed by atoms with Crippen LogP contribution in [0.15, 0.2) is 0 Å². The van der Waals surface area contributed by atoms with Crippen molar-refractivity contribution in [2.24, 2.45) is 0 Å². The quantitative estimate of drug-likeness (QED) is 0.276. The Morgan fingerprint density at radius 1 is 0.385 bits per heavy atom. The molecule has 0 aliphatic carbocycles. The van der Waals surface area contributed by atoms with E-state index in [0.29, 0.717) is 0 Å². The summed E-state index contributed by atoms with van der Waals surface area (Å²) in [6, 6.07) is 0. The Bertz CT molecular complexity index is 267. The summed E-state index contributed by atoms with van der Waals surface area (Å²) in [5, 5.41) is 53.3. The SMILES string of the molecule is CC(=O)[O-].CC(=O)[O-].CC(=O)[O-].CC(=O)[O-].CC(=O)[O-].CC(=O)[O-].[Zn+2].[Zr+4]. The van der Waals surface area contributed by atoms with Gasteiger partial charge in [0.1, 0.15) is 0 Å². The molecule has 14 heteroatoms. The van der Waals surface area contributed by atoms with Crippen molar-refractivity contribution in [1.82, 2.24) is 0 Å². The molecule has 0 atom stereocenters. The van der Waals surface area contributed by atoms with Crippen LogP contribution in [-0.4, -0.2) is 35.8 Å². The standard InChI is InChI=1S/6C2H4O2.Zn.Zr/c6*1-2(3)4;;/h6*1H3,(H,3,4);;/q;;;;;;+2;+4/p-6. The monoisotopic (exact) mass is 508 g/mol. The second-order valence-electron chi connectivity index (χ2n) is 2.95. The van der Waals surface area contributed by atoms with Gasteiger partial charge in [0.25, 0.3) is 0 Å². The number of carboxylic acids is 6. The first kappa shape index (κ1) is 49.7. The Labute approximate surface area is 182 Å². The molecule has 0 aromatic heterocycles. The van der Waals surface area contributed by atoms with E-state index in [4.69, 9.17) is 59.4 Å². The van der Waals surface area contributed by atoms with Crippen LogP contribution in [0.1, 0.15) is 41.5 Å². The van der Waals surface area contributed by atoms with Crippen LogP contribution in [0.5, 0.6) is 0 Å². The number of hydrogen-bond donors (Lipinski definition) is 0. The van der Waals surface area contributed by atoms with Gasteiger partial charge in [-0.1, -0.05) is 0 Å². The molecule has 0 fully saturated rings. The van der Waals surface area contributed by atoms with Crippen LogP contribution in [0.3, 0.4) is 0 Å². The van der Waals surface area contributed by atoms with Gasteiger partial charge in [0.05, 0.1) is 0 Å². The summed E-state index contributed by atoms with van der Waals surface area (Å²) in [5.41, 5.74) is 0. The zero-order valence-corrected chi connectivity index (χ0v) is 20.5. The molecule has 0 spiro atoms. The second-order valence-corrected chi connectivity index (χ2v) is 2.95. The smallest absolute Gasteiger partial charge is 0.550 e. The van der Waals surface area contributed by atoms with Gasteiger partial charge < -0.3 is 59.4 Å². The molecule has 26 heavy (non-hydrogen) atoms. The molecule has 0 N–H and O–H groups in total. The van der Waals surface area contributed by atoms with Gasteiger partial charge in [0.2, 0.25) is 0 Å². The maximum absolute atomic E-state index is 8.89. The van der Waals surface area contributed by atoms with E-state index in [2.05, 4.69) is 0 Å². The summed E-state index contributed by atoms with van der Waals surface area (Å²) >= 11 is 0. The molecular formula is C12H18O12ZnZr. The first-order valence-electron chi connectivity index (χ1n) is 5.45. The largest absolute Gasteiger partial charge is 4.00 e. The Balaban J connectivity index is -0.0000000245. The molecule has 0 heterocycles. The van der Waals surface area contributed by atoms with Crippen LogP contribution >= 0.6 is 0 Å². The summed E-state index contributed by atoms with van der Waals surface area (Å²) < 4.78 is 0. The molecule has 144 valence electrons. The summed E-state index contributed by atoms with van der Waals surface area (Å²) in [6.45, 7) is 5.83. The third kappa shape index (κ3) is 3630. The van der Waals surface area contributed by atoms with Gasteiger partial charge in [0, 0.05) is 35.8 Å². The predicted octanol–water partition coefficient (Wildman–Crippen LogP) is -7.47. The van der Waals surface area contributed by atoms with E-state index in [9.17, 15) is 0 Å². The minimum absolute atomic E-state index is 0. The van der Waals surface area contributed by atoms with E-state index in [1.54, 1.807) is 0 Å². The Hall–Kier alpha value is -1.67. The fraction of sp³-hybridized carbons (Fsp3) is 0.500. The van der Waals surface area contributed by atoms with Gasteiger partial charge in [-0.3, -0.25) is 0 Å². The average molecular weight is 511 g/mol. The molecule has 0 amide bonds. The van der Waals surface area contributed by atoms with E-state index in [1.165, 1.54) is 0 Å². The van der Waals surface area contributed by atoms with E-state index in [-0.39, 0.29) is 45.7 Å². The minimum Gasteiger partial charge on any atom is -0.550 e. The molecule has 0 bridgehead atoms. The Morgan fingerprint density at radius 3 is 0.385 bits per heavy atom. The minimum atomic E-state index is -1.08. The van der Waals surface area contributed by atoms with Crippen molar-refractivity contribution in [2.45, 2.75) is 41.5 Å². The molecule has 0 saturated heterocycles. The maximum Gasteiger partial charge on any atom is 4.00 e. The molecule has 0 rings (SSSR count). The molecule has 0 aromatic rings. The van der Waals surface area contributed by atoms with Crippen LogP contribution < -0.4 is 30.6 Å². The van der Waals surface area contributed by atoms with E-state index in [1.807, 2.05) is 0 Å². The van der Waals surface area contributed by atoms with Gasteiger partial charge in [-0.15, -0.1) is 0 Å². The predicted molar refractivity (Wildman–Crippen MR) is 64.1 cm³/mol. The van der Waals surface area contributed by atoms with Crippen LogP contribution in [-0.2, 0) is 74.4 Å². The van der Waals surface area contributed by atoms with Crippen LogP contribution in [0.2, 0.25) is 0 Å². The maximum atomic E-state index is 8.89. The van der Waals surface area contributed by atoms with Crippen molar-refractivity contribution in [3.63, 3.8) is 0 Å². The van der Waals surface area contributed by atoms with Gasteiger partial charge in [-0.2, -0.15) is 0 Å². The fourth-order valence-electron chi connectivity index (χ4n) is 0. The summed E-state index contributed by atoms with van der Waals surface area (Å²) in [5.74, 6) is -6.50. The molecule has 0 aliphatic heterocycles. The van der Waals surface area contributed by atoms with Gasteiger partial charge in [0.15, 0.2) is 0 Å². The molecule has 12 nitrogen and oxygen atoms in total. The number of rotatable bonds is 0. The van der Waals surface area contributed by atoms with Crippen molar-refractivity contribution >= 4 is 35.8 Å². The van der Waals surface area contributed by atoms with Crippen LogP contribution in [0, 0.1) is 0 Å². The van der Waals surface area contributed by atoms with E-state index >= 15 is 0 Å². The second kappa shape index (κ2) is 43.6. The number of carbonyl (C=O) groups is 6. The van der Waals surface area contributed by atoms with Crippen molar-refractivity contribution in [3.05, 3.63) is 0 Å². The third-order valence-corrected chi connectivity index (χ3v) is 0. The number of carboxylic acid groups (broad SMARTS) is 6.